The quantitative estimate of drug-likeness (QED) is 0.690. The molecule has 5 rings (SSSR count). The lowest BCUT2D eigenvalue weighted by Crippen LogP contribution is -2.50. The third-order valence-corrected chi connectivity index (χ3v) is 5.66. The highest BCUT2D eigenvalue weighted by Gasteiger charge is 2.37. The molecule has 2 fully saturated rings. The highest BCUT2D eigenvalue weighted by atomic mass is 15.7. The van der Waals surface area contributed by atoms with Gasteiger partial charge >= 0.3 is 0 Å². The van der Waals surface area contributed by atoms with Crippen LogP contribution >= 0.6 is 0 Å². The lowest BCUT2D eigenvalue weighted by Gasteiger charge is -2.41. The van der Waals surface area contributed by atoms with Crippen LogP contribution in [0.25, 0.3) is 10.9 Å². The zero-order valence-electron chi connectivity index (χ0n) is 14.8. The first-order valence-corrected chi connectivity index (χ1v) is 9.19. The predicted octanol–water partition coefficient (Wildman–Crippen LogP) is 3.19. The van der Waals surface area contributed by atoms with Crippen LogP contribution in [-0.2, 0) is 0 Å². The van der Waals surface area contributed by atoms with Crippen molar-refractivity contribution in [3.63, 3.8) is 0 Å². The fourth-order valence-electron chi connectivity index (χ4n) is 4.18. The molecule has 26 heavy (non-hydrogen) atoms. The highest BCUT2D eigenvalue weighted by molar-refractivity contribution is 5.80. The van der Waals surface area contributed by atoms with Crippen molar-refractivity contribution in [1.82, 2.24) is 20.2 Å². The number of hydrazine groups is 1. The minimum absolute atomic E-state index is 0.651. The largest absolute Gasteiger partial charge is 0.361 e. The van der Waals surface area contributed by atoms with Gasteiger partial charge in [-0.05, 0) is 67.5 Å². The summed E-state index contributed by atoms with van der Waals surface area (Å²) in [6.45, 7) is 1.05. The van der Waals surface area contributed by atoms with E-state index in [2.05, 4.69) is 62.3 Å². The molecule has 2 bridgehead atoms. The van der Waals surface area contributed by atoms with Gasteiger partial charge in [0.2, 0.25) is 0 Å². The van der Waals surface area contributed by atoms with Crippen LogP contribution in [0.2, 0.25) is 0 Å². The summed E-state index contributed by atoms with van der Waals surface area (Å²) in [5.41, 5.74) is 2.81. The van der Waals surface area contributed by atoms with E-state index in [1.165, 1.54) is 24.6 Å². The van der Waals surface area contributed by atoms with Gasteiger partial charge < -0.3 is 4.98 Å². The van der Waals surface area contributed by atoms with Crippen LogP contribution in [0.3, 0.4) is 0 Å². The maximum atomic E-state index is 4.43. The molecular weight excluding hydrogens is 322 g/mol. The van der Waals surface area contributed by atoms with Crippen molar-refractivity contribution in [2.24, 2.45) is 5.92 Å². The molecule has 0 spiro atoms. The number of rotatable bonds is 1. The summed E-state index contributed by atoms with van der Waals surface area (Å²) in [5, 5.41) is 14.5. The summed E-state index contributed by atoms with van der Waals surface area (Å²) < 4.78 is 0. The SMILES string of the molecule is CN1C2CCC(C2)CN1c1ccc(C#Cc2ccc3[nH]ccc3c2)nn1. The topological polar surface area (TPSA) is 48.0 Å². The third kappa shape index (κ3) is 2.73. The minimum atomic E-state index is 0.651. The van der Waals surface area contributed by atoms with Crippen LogP contribution in [0.15, 0.2) is 42.6 Å². The second-order valence-electron chi connectivity index (χ2n) is 7.30. The Morgan fingerprint density at radius 2 is 2.04 bits per heavy atom. The van der Waals surface area contributed by atoms with E-state index in [-0.39, 0.29) is 0 Å². The van der Waals surface area contributed by atoms with Crippen LogP contribution in [0, 0.1) is 17.8 Å². The van der Waals surface area contributed by atoms with Gasteiger partial charge in [0.15, 0.2) is 5.82 Å². The van der Waals surface area contributed by atoms with E-state index in [9.17, 15) is 0 Å². The molecule has 130 valence electrons. The van der Waals surface area contributed by atoms with E-state index in [0.29, 0.717) is 11.7 Å². The Balaban J connectivity index is 1.35. The van der Waals surface area contributed by atoms with Crippen molar-refractivity contribution in [2.75, 3.05) is 18.6 Å². The molecule has 0 radical (unpaired) electrons. The number of benzene rings is 1. The van der Waals surface area contributed by atoms with Gasteiger partial charge in [-0.25, -0.2) is 5.01 Å². The Kier molecular flexibility index (Phi) is 3.65. The maximum absolute atomic E-state index is 4.43. The maximum Gasteiger partial charge on any atom is 0.165 e. The van der Waals surface area contributed by atoms with Crippen molar-refractivity contribution in [3.05, 3.63) is 53.9 Å². The van der Waals surface area contributed by atoms with Crippen LogP contribution < -0.4 is 5.01 Å². The first kappa shape index (κ1) is 15.4. The Labute approximate surface area is 153 Å². The third-order valence-electron chi connectivity index (χ3n) is 5.66. The first-order valence-electron chi connectivity index (χ1n) is 9.19. The van der Waals surface area contributed by atoms with Gasteiger partial charge in [-0.1, -0.05) is 5.92 Å². The molecule has 1 saturated heterocycles. The molecule has 1 saturated carbocycles. The number of fused-ring (bicyclic) bond motifs is 3. The van der Waals surface area contributed by atoms with E-state index in [1.54, 1.807) is 0 Å². The number of hydrogen-bond donors (Lipinski definition) is 1. The molecule has 1 N–H and O–H groups in total. The second kappa shape index (κ2) is 6.15. The van der Waals surface area contributed by atoms with Gasteiger partial charge in [-0.15, -0.1) is 10.2 Å². The van der Waals surface area contributed by atoms with Crippen molar-refractivity contribution >= 4 is 16.7 Å². The average Bonchev–Trinajstić information content (AvgIpc) is 3.30. The van der Waals surface area contributed by atoms with Gasteiger partial charge in [-0.3, -0.25) is 5.01 Å². The predicted molar refractivity (Wildman–Crippen MR) is 103 cm³/mol. The molecule has 1 aliphatic carbocycles. The Morgan fingerprint density at radius 3 is 2.92 bits per heavy atom. The fourth-order valence-corrected chi connectivity index (χ4v) is 4.18. The lowest BCUT2D eigenvalue weighted by molar-refractivity contribution is 0.179. The van der Waals surface area contributed by atoms with Crippen molar-refractivity contribution < 1.29 is 0 Å². The number of H-pyrrole nitrogens is 1. The van der Waals surface area contributed by atoms with E-state index in [0.717, 1.165) is 29.4 Å². The van der Waals surface area contributed by atoms with E-state index in [1.807, 2.05) is 24.4 Å². The Morgan fingerprint density at radius 1 is 1.08 bits per heavy atom. The second-order valence-corrected chi connectivity index (χ2v) is 7.30. The van der Waals surface area contributed by atoms with E-state index in [4.69, 9.17) is 0 Å². The molecule has 3 heterocycles. The normalized spacial score (nSPS) is 22.4. The molecule has 3 aromatic rings. The van der Waals surface area contributed by atoms with Gasteiger partial charge in [-0.2, -0.15) is 0 Å². The van der Waals surface area contributed by atoms with E-state index < -0.39 is 0 Å². The average molecular weight is 343 g/mol. The van der Waals surface area contributed by atoms with Crippen LogP contribution in [0.4, 0.5) is 5.82 Å². The van der Waals surface area contributed by atoms with Crippen LogP contribution in [0.5, 0.6) is 0 Å². The molecule has 1 aliphatic heterocycles. The standard InChI is InChI=1S/C21H21N5/c1-25-19-7-3-16(13-19)14-26(25)21-9-6-18(23-24-21)5-2-15-4-8-20-17(12-15)10-11-22-20/h4,6,8-12,16,19,22H,3,7,13-14H2,1H3. The van der Waals surface area contributed by atoms with Gasteiger partial charge in [0.05, 0.1) is 0 Å². The summed E-state index contributed by atoms with van der Waals surface area (Å²) in [4.78, 5) is 3.19. The molecule has 2 aliphatic rings. The number of anilines is 1. The van der Waals surface area contributed by atoms with Crippen molar-refractivity contribution in [1.29, 1.82) is 0 Å². The summed E-state index contributed by atoms with van der Waals surface area (Å²) in [5.74, 6) is 8.02. The van der Waals surface area contributed by atoms with Gasteiger partial charge in [0, 0.05) is 42.3 Å². The summed E-state index contributed by atoms with van der Waals surface area (Å²) in [6, 6.07) is 12.9. The summed E-state index contributed by atoms with van der Waals surface area (Å²) in [7, 11) is 2.17. The molecule has 2 aromatic heterocycles. The van der Waals surface area contributed by atoms with Gasteiger partial charge in [0.25, 0.3) is 0 Å². The monoisotopic (exact) mass is 343 g/mol. The fraction of sp³-hybridized carbons (Fsp3) is 0.333. The molecule has 5 heteroatoms. The molecule has 2 atom stereocenters. The van der Waals surface area contributed by atoms with Crippen molar-refractivity contribution in [3.8, 4) is 11.8 Å². The zero-order valence-corrected chi connectivity index (χ0v) is 14.8. The van der Waals surface area contributed by atoms with E-state index >= 15 is 0 Å². The molecule has 0 amide bonds. The molecule has 5 nitrogen and oxygen atoms in total. The first-order chi connectivity index (χ1) is 12.8. The molecular formula is C21H21N5. The number of nitrogens with one attached hydrogen (secondary N) is 1. The minimum Gasteiger partial charge on any atom is -0.361 e. The highest BCUT2D eigenvalue weighted by Crippen LogP contribution is 2.36. The number of aromatic amines is 1. The Hall–Kier alpha value is -2.84. The smallest absolute Gasteiger partial charge is 0.165 e. The Bertz CT molecular complexity index is 994. The zero-order chi connectivity index (χ0) is 17.5. The van der Waals surface area contributed by atoms with Crippen LogP contribution in [-0.4, -0.2) is 39.8 Å². The van der Waals surface area contributed by atoms with Gasteiger partial charge in [0.1, 0.15) is 5.69 Å². The summed E-state index contributed by atoms with van der Waals surface area (Å²) >= 11 is 0. The molecule has 1 aromatic carbocycles. The lowest BCUT2D eigenvalue weighted by atomic mass is 10.1. The number of hydrogen-bond acceptors (Lipinski definition) is 4. The van der Waals surface area contributed by atoms with Crippen molar-refractivity contribution in [2.45, 2.75) is 25.3 Å². The number of nitrogens with zero attached hydrogens (tertiary/aromatic N) is 4. The summed E-state index contributed by atoms with van der Waals surface area (Å²) in [6.07, 6.45) is 5.87. The van der Waals surface area contributed by atoms with Crippen LogP contribution in [0.1, 0.15) is 30.5 Å². The molecule has 2 unspecified atom stereocenters. The number of aromatic nitrogens is 3.